The second-order valence-corrected chi connectivity index (χ2v) is 5.60. The Labute approximate surface area is 150 Å². The molecule has 1 aromatic carbocycles. The number of nitrogens with zero attached hydrogens (tertiary/aromatic N) is 1. The van der Waals surface area contributed by atoms with Crippen LogP contribution < -0.4 is 15.2 Å². The van der Waals surface area contributed by atoms with E-state index in [4.69, 9.17) is 24.7 Å². The van der Waals surface area contributed by atoms with E-state index in [2.05, 4.69) is 0 Å². The maximum Gasteiger partial charge on any atom is 0.339 e. The zero-order chi connectivity index (χ0) is 19.1. The topological polar surface area (TPSA) is 117 Å². The fraction of sp³-hybridized carbons (Fsp3) is 0.471. The van der Waals surface area contributed by atoms with Gasteiger partial charge in [0.2, 0.25) is 0 Å². The molecule has 1 saturated heterocycles. The van der Waals surface area contributed by atoms with E-state index in [9.17, 15) is 14.4 Å². The van der Waals surface area contributed by atoms with Crippen molar-refractivity contribution in [1.29, 1.82) is 0 Å². The average Bonchev–Trinajstić information content (AvgIpc) is 2.66. The molecule has 1 aliphatic rings. The predicted molar refractivity (Wildman–Crippen MR) is 90.0 cm³/mol. The van der Waals surface area contributed by atoms with Gasteiger partial charge in [0.15, 0.2) is 24.2 Å². The van der Waals surface area contributed by atoms with Gasteiger partial charge in [-0.3, -0.25) is 9.59 Å². The molecule has 9 nitrogen and oxygen atoms in total. The van der Waals surface area contributed by atoms with E-state index in [1.54, 1.807) is 4.90 Å². The number of morpholine rings is 1. The average molecular weight is 366 g/mol. The molecule has 2 N–H and O–H groups in total. The van der Waals surface area contributed by atoms with E-state index < -0.39 is 18.0 Å². The highest BCUT2D eigenvalue weighted by atomic mass is 16.5. The number of ether oxygens (including phenoxy) is 4. The van der Waals surface area contributed by atoms with Crippen molar-refractivity contribution in [2.75, 3.05) is 40.0 Å². The van der Waals surface area contributed by atoms with Crippen LogP contribution in [0.4, 0.5) is 0 Å². The monoisotopic (exact) mass is 366 g/mol. The lowest BCUT2D eigenvalue weighted by Crippen LogP contribution is -2.43. The van der Waals surface area contributed by atoms with Gasteiger partial charge in [0.05, 0.1) is 25.9 Å². The zero-order valence-electron chi connectivity index (χ0n) is 14.7. The Kier molecular flexibility index (Phi) is 6.79. The number of nitrogens with two attached hydrogens (primary N) is 1. The van der Waals surface area contributed by atoms with Crippen molar-refractivity contribution in [3.05, 3.63) is 23.8 Å². The normalized spacial score (nSPS) is 15.1. The number of hydrogen-bond donors (Lipinski definition) is 1. The van der Waals surface area contributed by atoms with Crippen molar-refractivity contribution in [3.8, 4) is 11.5 Å². The molecule has 26 heavy (non-hydrogen) atoms. The molecule has 0 aromatic heterocycles. The van der Waals surface area contributed by atoms with Crippen LogP contribution in [0, 0.1) is 0 Å². The molecule has 9 heteroatoms. The van der Waals surface area contributed by atoms with Gasteiger partial charge in [0, 0.05) is 13.1 Å². The second-order valence-electron chi connectivity index (χ2n) is 5.60. The number of esters is 1. The quantitative estimate of drug-likeness (QED) is 0.673. The summed E-state index contributed by atoms with van der Waals surface area (Å²) in [5, 5.41) is 0. The summed E-state index contributed by atoms with van der Waals surface area (Å²) in [5.41, 5.74) is 5.24. The highest BCUT2D eigenvalue weighted by Gasteiger charge is 2.20. The minimum atomic E-state index is -1.05. The van der Waals surface area contributed by atoms with Gasteiger partial charge in [-0.1, -0.05) is 0 Å². The fourth-order valence-electron chi connectivity index (χ4n) is 2.24. The van der Waals surface area contributed by atoms with Gasteiger partial charge in [-0.15, -0.1) is 0 Å². The molecular weight excluding hydrogens is 344 g/mol. The summed E-state index contributed by atoms with van der Waals surface area (Å²) in [5.74, 6) is -1.04. The van der Waals surface area contributed by atoms with E-state index in [0.29, 0.717) is 32.1 Å². The molecule has 0 saturated carbocycles. The number of primary amides is 1. The van der Waals surface area contributed by atoms with Crippen molar-refractivity contribution in [2.45, 2.75) is 13.0 Å². The van der Waals surface area contributed by atoms with Crippen LogP contribution in [0.15, 0.2) is 18.2 Å². The highest BCUT2D eigenvalue weighted by Crippen LogP contribution is 2.28. The lowest BCUT2D eigenvalue weighted by Gasteiger charge is -2.26. The van der Waals surface area contributed by atoms with Gasteiger partial charge in [-0.05, 0) is 25.1 Å². The Morgan fingerprint density at radius 3 is 2.54 bits per heavy atom. The number of methoxy groups -OCH3 is 1. The molecule has 2 amide bonds. The SMILES string of the molecule is COc1cc(C(=O)O[C@H](C)C(N)=O)ccc1OCC(=O)N1CCOCC1. The van der Waals surface area contributed by atoms with Crippen LogP contribution in [0.25, 0.3) is 0 Å². The Morgan fingerprint density at radius 2 is 1.92 bits per heavy atom. The van der Waals surface area contributed by atoms with Crippen LogP contribution in [0.3, 0.4) is 0 Å². The van der Waals surface area contributed by atoms with Gasteiger partial charge in [0.1, 0.15) is 0 Å². The molecule has 1 heterocycles. The number of amides is 2. The first-order chi connectivity index (χ1) is 12.4. The molecule has 1 atom stereocenters. The third-order valence-electron chi connectivity index (χ3n) is 3.80. The first kappa shape index (κ1) is 19.5. The molecule has 0 spiro atoms. The first-order valence-corrected chi connectivity index (χ1v) is 8.09. The van der Waals surface area contributed by atoms with Crippen molar-refractivity contribution >= 4 is 17.8 Å². The van der Waals surface area contributed by atoms with E-state index in [0.717, 1.165) is 0 Å². The largest absolute Gasteiger partial charge is 0.493 e. The Balaban J connectivity index is 2.00. The number of hydrogen-bond acceptors (Lipinski definition) is 7. The van der Waals surface area contributed by atoms with Gasteiger partial charge < -0.3 is 29.6 Å². The number of carbonyl (C=O) groups excluding carboxylic acids is 3. The van der Waals surface area contributed by atoms with Gasteiger partial charge in [-0.25, -0.2) is 4.79 Å². The van der Waals surface area contributed by atoms with Crippen molar-refractivity contribution < 1.29 is 33.3 Å². The molecule has 2 rings (SSSR count). The van der Waals surface area contributed by atoms with Crippen LogP contribution in [0.2, 0.25) is 0 Å². The molecule has 0 bridgehead atoms. The highest BCUT2D eigenvalue weighted by molar-refractivity contribution is 5.92. The van der Waals surface area contributed by atoms with E-state index >= 15 is 0 Å². The van der Waals surface area contributed by atoms with Crippen LogP contribution in [-0.4, -0.2) is 68.8 Å². The van der Waals surface area contributed by atoms with Gasteiger partial charge in [-0.2, -0.15) is 0 Å². The smallest absolute Gasteiger partial charge is 0.339 e. The fourth-order valence-corrected chi connectivity index (χ4v) is 2.24. The molecule has 1 fully saturated rings. The van der Waals surface area contributed by atoms with Crippen molar-refractivity contribution in [3.63, 3.8) is 0 Å². The summed E-state index contributed by atoms with van der Waals surface area (Å²) in [6, 6.07) is 4.36. The third kappa shape index (κ3) is 5.09. The summed E-state index contributed by atoms with van der Waals surface area (Å²) in [6.45, 7) is 3.31. The maximum atomic E-state index is 12.1. The molecule has 0 radical (unpaired) electrons. The van der Waals surface area contributed by atoms with Crippen molar-refractivity contribution in [2.24, 2.45) is 5.73 Å². The third-order valence-corrected chi connectivity index (χ3v) is 3.80. The van der Waals surface area contributed by atoms with Crippen LogP contribution in [-0.2, 0) is 19.1 Å². The number of carbonyl (C=O) groups is 3. The zero-order valence-corrected chi connectivity index (χ0v) is 14.7. The summed E-state index contributed by atoms with van der Waals surface area (Å²) in [4.78, 5) is 36.8. The van der Waals surface area contributed by atoms with Crippen LogP contribution >= 0.6 is 0 Å². The molecule has 1 aliphatic heterocycles. The van der Waals surface area contributed by atoms with Gasteiger partial charge in [0.25, 0.3) is 11.8 Å². The second kappa shape index (κ2) is 9.04. The summed E-state index contributed by atoms with van der Waals surface area (Å²) < 4.78 is 20.8. The Bertz CT molecular complexity index is 671. The lowest BCUT2D eigenvalue weighted by atomic mass is 10.2. The lowest BCUT2D eigenvalue weighted by molar-refractivity contribution is -0.137. The molecule has 1 aromatic rings. The summed E-state index contributed by atoms with van der Waals surface area (Å²) in [7, 11) is 1.41. The van der Waals surface area contributed by atoms with E-state index in [1.807, 2.05) is 0 Å². The minimum absolute atomic E-state index is 0.154. The summed E-state index contributed by atoms with van der Waals surface area (Å²) in [6.07, 6.45) is -1.05. The van der Waals surface area contributed by atoms with Crippen LogP contribution in [0.5, 0.6) is 11.5 Å². The maximum absolute atomic E-state index is 12.1. The number of rotatable bonds is 7. The summed E-state index contributed by atoms with van der Waals surface area (Å²) >= 11 is 0. The Morgan fingerprint density at radius 1 is 1.23 bits per heavy atom. The first-order valence-electron chi connectivity index (χ1n) is 8.09. The minimum Gasteiger partial charge on any atom is -0.493 e. The molecular formula is C17H22N2O7. The van der Waals surface area contributed by atoms with Crippen molar-refractivity contribution in [1.82, 2.24) is 4.90 Å². The Hall–Kier alpha value is -2.81. The standard InChI is InChI=1S/C17H22N2O7/c1-11(16(18)21)26-17(22)12-3-4-13(14(9-12)23-2)25-10-15(20)19-5-7-24-8-6-19/h3-4,9,11H,5-8,10H2,1-2H3,(H2,18,21)/t11-/m1/s1. The predicted octanol–water partition coefficient (Wildman–Crippen LogP) is -0.0366. The van der Waals surface area contributed by atoms with Gasteiger partial charge >= 0.3 is 5.97 Å². The van der Waals surface area contributed by atoms with E-state index in [1.165, 1.54) is 32.2 Å². The molecule has 0 aliphatic carbocycles. The van der Waals surface area contributed by atoms with E-state index in [-0.39, 0.29) is 23.8 Å². The molecule has 0 unspecified atom stereocenters. The van der Waals surface area contributed by atoms with Crippen LogP contribution in [0.1, 0.15) is 17.3 Å². The molecule has 142 valence electrons. The number of benzene rings is 1.